The first-order valence-corrected chi connectivity index (χ1v) is 10.9. The fourth-order valence-corrected chi connectivity index (χ4v) is 3.67. The third kappa shape index (κ3) is 6.27. The summed E-state index contributed by atoms with van der Waals surface area (Å²) in [5.41, 5.74) is 0.459. The molecule has 2 aliphatic rings. The summed E-state index contributed by atoms with van der Waals surface area (Å²) in [7, 11) is 0. The van der Waals surface area contributed by atoms with Gasteiger partial charge in [-0.15, -0.1) is 0 Å². The number of fused-ring (bicyclic) bond motifs is 1. The zero-order valence-corrected chi connectivity index (χ0v) is 18.6. The minimum atomic E-state index is -0.485. The van der Waals surface area contributed by atoms with Gasteiger partial charge in [-0.25, -0.2) is 4.79 Å². The highest BCUT2D eigenvalue weighted by Gasteiger charge is 2.34. The summed E-state index contributed by atoms with van der Waals surface area (Å²) in [5.74, 6) is -0.469. The Balaban J connectivity index is 1.24. The fraction of sp³-hybridized carbons (Fsp3) is 0.609. The van der Waals surface area contributed by atoms with Crippen molar-refractivity contribution in [1.82, 2.24) is 9.80 Å². The van der Waals surface area contributed by atoms with Gasteiger partial charge in [0, 0.05) is 26.2 Å². The molecule has 0 atom stereocenters. The van der Waals surface area contributed by atoms with E-state index in [1.54, 1.807) is 29.2 Å². The fourth-order valence-electron chi connectivity index (χ4n) is 3.67. The van der Waals surface area contributed by atoms with Crippen LogP contribution in [0.15, 0.2) is 24.3 Å². The third-order valence-electron chi connectivity index (χ3n) is 5.22. The normalized spacial score (nSPS) is 17.3. The first kappa shape index (κ1) is 23.2. The van der Waals surface area contributed by atoms with Gasteiger partial charge >= 0.3 is 6.09 Å². The molecule has 0 aliphatic carbocycles. The topological polar surface area (TPSA) is 85.4 Å². The number of rotatable bonds is 8. The van der Waals surface area contributed by atoms with Crippen molar-refractivity contribution in [3.63, 3.8) is 0 Å². The molecule has 3 amide bonds. The molecule has 1 aromatic rings. The number of hydrogen-bond donors (Lipinski definition) is 0. The van der Waals surface area contributed by atoms with Crippen LogP contribution in [0.1, 0.15) is 60.7 Å². The highest BCUT2D eigenvalue weighted by Crippen LogP contribution is 2.22. The lowest BCUT2D eigenvalue weighted by atomic mass is 10.1. The largest absolute Gasteiger partial charge is 0.444 e. The van der Waals surface area contributed by atoms with Crippen LogP contribution in [0.25, 0.3) is 0 Å². The van der Waals surface area contributed by atoms with Crippen molar-refractivity contribution in [3.8, 4) is 0 Å². The van der Waals surface area contributed by atoms with Gasteiger partial charge in [0.05, 0.1) is 30.4 Å². The number of nitrogens with zero attached hydrogens (tertiary/aromatic N) is 2. The molecule has 2 heterocycles. The van der Waals surface area contributed by atoms with Crippen LogP contribution in [0.5, 0.6) is 0 Å². The van der Waals surface area contributed by atoms with Gasteiger partial charge in [-0.3, -0.25) is 14.5 Å². The van der Waals surface area contributed by atoms with E-state index in [0.29, 0.717) is 57.0 Å². The first-order valence-electron chi connectivity index (χ1n) is 10.9. The van der Waals surface area contributed by atoms with Crippen LogP contribution in [-0.2, 0) is 14.2 Å². The van der Waals surface area contributed by atoms with Crippen LogP contribution in [0.4, 0.5) is 4.79 Å². The molecule has 0 aromatic heterocycles. The van der Waals surface area contributed by atoms with Crippen LogP contribution in [0, 0.1) is 0 Å². The smallest absolute Gasteiger partial charge is 0.410 e. The van der Waals surface area contributed by atoms with E-state index in [4.69, 9.17) is 14.2 Å². The van der Waals surface area contributed by atoms with Gasteiger partial charge in [0.15, 0.2) is 0 Å². The van der Waals surface area contributed by atoms with Gasteiger partial charge in [0.1, 0.15) is 5.60 Å². The molecule has 0 saturated carbocycles. The van der Waals surface area contributed by atoms with Gasteiger partial charge in [-0.05, 0) is 52.2 Å². The molecule has 8 nitrogen and oxygen atoms in total. The number of imide groups is 1. The van der Waals surface area contributed by atoms with Crippen molar-refractivity contribution in [3.05, 3.63) is 35.4 Å². The minimum absolute atomic E-state index is 0.112. The Kier molecular flexibility index (Phi) is 7.67. The number of ether oxygens (including phenoxy) is 3. The van der Waals surface area contributed by atoms with E-state index in [1.165, 1.54) is 4.90 Å². The van der Waals surface area contributed by atoms with Crippen molar-refractivity contribution in [2.45, 2.75) is 51.7 Å². The number of likely N-dealkylation sites (tertiary alicyclic amines) is 1. The Morgan fingerprint density at radius 1 is 1.00 bits per heavy atom. The molecule has 31 heavy (non-hydrogen) atoms. The SMILES string of the molecule is CC(C)(C)OC(=O)N1CCC(OCCOCCCN2C(=O)c3ccccc3C2=O)CC1. The van der Waals surface area contributed by atoms with Crippen molar-refractivity contribution in [1.29, 1.82) is 0 Å². The van der Waals surface area contributed by atoms with Gasteiger partial charge in [0.2, 0.25) is 0 Å². The Labute approximate surface area is 183 Å². The molecule has 2 aliphatic heterocycles. The minimum Gasteiger partial charge on any atom is -0.444 e. The van der Waals surface area contributed by atoms with Crippen molar-refractivity contribution in [2.24, 2.45) is 0 Å². The van der Waals surface area contributed by atoms with E-state index in [1.807, 2.05) is 20.8 Å². The average Bonchev–Trinajstić information content (AvgIpc) is 2.97. The van der Waals surface area contributed by atoms with Gasteiger partial charge < -0.3 is 19.1 Å². The lowest BCUT2D eigenvalue weighted by Crippen LogP contribution is -2.43. The summed E-state index contributed by atoms with van der Waals surface area (Å²) in [6.45, 7) is 8.56. The zero-order valence-electron chi connectivity index (χ0n) is 18.6. The molecule has 0 radical (unpaired) electrons. The number of amides is 3. The molecule has 1 saturated heterocycles. The van der Waals surface area contributed by atoms with Crippen LogP contribution < -0.4 is 0 Å². The second-order valence-electron chi connectivity index (χ2n) is 8.81. The van der Waals surface area contributed by atoms with Crippen LogP contribution in [0.2, 0.25) is 0 Å². The maximum Gasteiger partial charge on any atom is 0.410 e. The molecule has 3 rings (SSSR count). The standard InChI is InChI=1S/C23H32N2O6/c1-23(2,3)31-22(28)24-12-9-17(10-13-24)30-16-15-29-14-6-11-25-20(26)18-7-4-5-8-19(18)21(25)27/h4-5,7-8,17H,6,9-16H2,1-3H3. The second kappa shape index (κ2) is 10.2. The number of piperidine rings is 1. The Bertz CT molecular complexity index is 761. The van der Waals surface area contributed by atoms with E-state index >= 15 is 0 Å². The maximum absolute atomic E-state index is 12.3. The molecular weight excluding hydrogens is 400 g/mol. The molecule has 1 aromatic carbocycles. The summed E-state index contributed by atoms with van der Waals surface area (Å²) in [6.07, 6.45) is 1.98. The quantitative estimate of drug-likeness (QED) is 0.464. The molecular formula is C23H32N2O6. The van der Waals surface area contributed by atoms with E-state index in [2.05, 4.69) is 0 Å². The van der Waals surface area contributed by atoms with Crippen molar-refractivity contribution >= 4 is 17.9 Å². The number of benzene rings is 1. The highest BCUT2D eigenvalue weighted by molar-refractivity contribution is 6.21. The summed E-state index contributed by atoms with van der Waals surface area (Å²) >= 11 is 0. The summed E-state index contributed by atoms with van der Waals surface area (Å²) in [4.78, 5) is 39.7. The van der Waals surface area contributed by atoms with Crippen LogP contribution >= 0.6 is 0 Å². The van der Waals surface area contributed by atoms with E-state index in [9.17, 15) is 14.4 Å². The molecule has 1 fully saturated rings. The Hall–Kier alpha value is -2.45. The van der Waals surface area contributed by atoms with Gasteiger partial charge in [-0.1, -0.05) is 12.1 Å². The number of carbonyl (C=O) groups is 3. The maximum atomic E-state index is 12.3. The second-order valence-corrected chi connectivity index (χ2v) is 8.81. The first-order chi connectivity index (χ1) is 14.8. The Morgan fingerprint density at radius 2 is 1.61 bits per heavy atom. The number of carbonyl (C=O) groups excluding carboxylic acids is 3. The van der Waals surface area contributed by atoms with Crippen LogP contribution in [-0.4, -0.2) is 78.9 Å². The number of hydrogen-bond acceptors (Lipinski definition) is 6. The molecule has 8 heteroatoms. The van der Waals surface area contributed by atoms with E-state index < -0.39 is 5.60 Å². The van der Waals surface area contributed by atoms with E-state index in [0.717, 1.165) is 12.8 Å². The monoisotopic (exact) mass is 432 g/mol. The lowest BCUT2D eigenvalue weighted by molar-refractivity contribution is -0.0298. The Morgan fingerprint density at radius 3 is 2.19 bits per heavy atom. The molecule has 170 valence electrons. The predicted molar refractivity (Wildman–Crippen MR) is 114 cm³/mol. The molecule has 0 N–H and O–H groups in total. The summed E-state index contributed by atoms with van der Waals surface area (Å²) < 4.78 is 16.8. The lowest BCUT2D eigenvalue weighted by Gasteiger charge is -2.33. The van der Waals surface area contributed by atoms with E-state index in [-0.39, 0.29) is 24.0 Å². The van der Waals surface area contributed by atoms with Gasteiger partial charge in [0.25, 0.3) is 11.8 Å². The molecule has 0 bridgehead atoms. The summed E-state index contributed by atoms with van der Waals surface area (Å²) in [5, 5.41) is 0. The van der Waals surface area contributed by atoms with Gasteiger partial charge in [-0.2, -0.15) is 0 Å². The zero-order chi connectivity index (χ0) is 22.4. The van der Waals surface area contributed by atoms with Crippen molar-refractivity contribution < 1.29 is 28.6 Å². The predicted octanol–water partition coefficient (Wildman–Crippen LogP) is 3.11. The third-order valence-corrected chi connectivity index (χ3v) is 5.22. The highest BCUT2D eigenvalue weighted by atomic mass is 16.6. The van der Waals surface area contributed by atoms with Crippen molar-refractivity contribution in [2.75, 3.05) is 39.5 Å². The average molecular weight is 433 g/mol. The molecule has 0 spiro atoms. The van der Waals surface area contributed by atoms with Crippen LogP contribution in [0.3, 0.4) is 0 Å². The molecule has 0 unspecified atom stereocenters. The summed E-state index contributed by atoms with van der Waals surface area (Å²) in [6, 6.07) is 6.89.